The second-order valence-corrected chi connectivity index (χ2v) is 10.2. The van der Waals surface area contributed by atoms with Crippen molar-refractivity contribution in [3.63, 3.8) is 0 Å². The normalized spacial score (nSPS) is 12.1. The van der Waals surface area contributed by atoms with Gasteiger partial charge in [-0.15, -0.1) is 0 Å². The number of carboxylic acids is 2. The summed E-state index contributed by atoms with van der Waals surface area (Å²) in [6, 6.07) is 5.88. The number of aromatic hydroxyl groups is 1. The van der Waals surface area contributed by atoms with Gasteiger partial charge < -0.3 is 15.3 Å². The van der Waals surface area contributed by atoms with Gasteiger partial charge in [0.15, 0.2) is 0 Å². The van der Waals surface area contributed by atoms with E-state index < -0.39 is 22.8 Å². The molecule has 0 aliphatic heterocycles. The Morgan fingerprint density at radius 1 is 0.710 bits per heavy atom. The number of hydrogen-bond donors (Lipinski definition) is 3. The smallest absolute Gasteiger partial charge is 0.309 e. The first-order valence-corrected chi connectivity index (χ1v) is 11.7. The zero-order valence-corrected chi connectivity index (χ0v) is 19.9. The van der Waals surface area contributed by atoms with Crippen molar-refractivity contribution in [3.05, 3.63) is 29.3 Å². The van der Waals surface area contributed by atoms with Crippen LogP contribution in [0.3, 0.4) is 0 Å². The van der Waals surface area contributed by atoms with Crippen LogP contribution in [0.5, 0.6) is 5.75 Å². The quantitative estimate of drug-likeness (QED) is 0.255. The number of aliphatic carboxylic acids is 2. The topological polar surface area (TPSA) is 94.8 Å². The van der Waals surface area contributed by atoms with Crippen molar-refractivity contribution in [3.8, 4) is 5.75 Å². The molecule has 0 radical (unpaired) electrons. The number of hydrogen-bond acceptors (Lipinski definition) is 3. The number of rotatable bonds is 16. The molecule has 176 valence electrons. The van der Waals surface area contributed by atoms with Gasteiger partial charge in [0.2, 0.25) is 0 Å². The van der Waals surface area contributed by atoms with Gasteiger partial charge in [-0.2, -0.15) is 0 Å². The molecule has 0 saturated carbocycles. The third-order valence-electron chi connectivity index (χ3n) is 6.32. The van der Waals surface area contributed by atoms with Gasteiger partial charge in [-0.25, -0.2) is 0 Å². The second kappa shape index (κ2) is 12.7. The van der Waals surface area contributed by atoms with Crippen molar-refractivity contribution in [2.24, 2.45) is 10.8 Å². The van der Waals surface area contributed by atoms with Crippen molar-refractivity contribution in [1.29, 1.82) is 0 Å². The maximum Gasteiger partial charge on any atom is 0.309 e. The molecule has 1 aromatic rings. The molecule has 0 saturated heterocycles. The lowest BCUT2D eigenvalue weighted by Crippen LogP contribution is -2.23. The summed E-state index contributed by atoms with van der Waals surface area (Å²) in [6.45, 7) is 7.11. The van der Waals surface area contributed by atoms with Crippen LogP contribution in [0.2, 0.25) is 0 Å². The Balaban J connectivity index is 2.29. The van der Waals surface area contributed by atoms with Gasteiger partial charge in [0, 0.05) is 0 Å². The minimum absolute atomic E-state index is 0.353. The first kappa shape index (κ1) is 27.0. The number of carbonyl (C=O) groups is 2. The number of unbranched alkanes of at least 4 members (excludes halogenated alkanes) is 6. The Bertz CT molecular complexity index is 706. The van der Waals surface area contributed by atoms with Gasteiger partial charge in [0.25, 0.3) is 0 Å². The standard InChI is InChI=1S/C26H42O5/c1-25(2,23(28)29)17-11-7-5-9-13-20-15-16-22(27)21(19-20)14-10-6-8-12-18-26(3,4)24(30)31/h15-16,19,27H,5-14,17-18H2,1-4H3,(H,28,29)(H,30,31). The third kappa shape index (κ3) is 10.2. The van der Waals surface area contributed by atoms with Crippen molar-refractivity contribution in [2.75, 3.05) is 0 Å². The van der Waals surface area contributed by atoms with Crippen LogP contribution in [0.15, 0.2) is 18.2 Å². The molecule has 0 aliphatic carbocycles. The van der Waals surface area contributed by atoms with Crippen LogP contribution < -0.4 is 0 Å². The van der Waals surface area contributed by atoms with Crippen molar-refractivity contribution in [2.45, 2.75) is 105 Å². The molecule has 0 bridgehead atoms. The number of phenols is 1. The average molecular weight is 435 g/mol. The highest BCUT2D eigenvalue weighted by Gasteiger charge is 2.26. The zero-order valence-electron chi connectivity index (χ0n) is 19.9. The molecule has 5 heteroatoms. The van der Waals surface area contributed by atoms with Crippen molar-refractivity contribution < 1.29 is 24.9 Å². The summed E-state index contributed by atoms with van der Waals surface area (Å²) in [6.07, 6.45) is 11.3. The summed E-state index contributed by atoms with van der Waals surface area (Å²) in [4.78, 5) is 22.3. The number of benzene rings is 1. The van der Waals surface area contributed by atoms with Crippen LogP contribution in [0.4, 0.5) is 0 Å². The van der Waals surface area contributed by atoms with Gasteiger partial charge in [-0.05, 0) is 83.4 Å². The lowest BCUT2D eigenvalue weighted by atomic mass is 9.87. The fraction of sp³-hybridized carbons (Fsp3) is 0.692. The summed E-state index contributed by atoms with van der Waals surface area (Å²) in [5.41, 5.74) is 0.936. The molecular formula is C26H42O5. The van der Waals surface area contributed by atoms with Crippen molar-refractivity contribution >= 4 is 11.9 Å². The van der Waals surface area contributed by atoms with E-state index in [0.717, 1.165) is 69.8 Å². The SMILES string of the molecule is CC(C)(CCCCCCc1ccc(O)c(CCCCCCC(C)(C)C(=O)O)c1)C(=O)O. The van der Waals surface area contributed by atoms with E-state index in [0.29, 0.717) is 18.6 Å². The highest BCUT2D eigenvalue weighted by atomic mass is 16.4. The zero-order chi connectivity index (χ0) is 23.5. The molecule has 0 spiro atoms. The van der Waals surface area contributed by atoms with Crippen LogP contribution in [0.25, 0.3) is 0 Å². The minimum Gasteiger partial charge on any atom is -0.508 e. The molecule has 3 N–H and O–H groups in total. The third-order valence-corrected chi connectivity index (χ3v) is 6.32. The average Bonchev–Trinajstić information content (AvgIpc) is 2.68. The highest BCUT2D eigenvalue weighted by molar-refractivity contribution is 5.73. The molecule has 0 aromatic heterocycles. The summed E-state index contributed by atoms with van der Waals surface area (Å²) in [5.74, 6) is -1.11. The first-order chi connectivity index (χ1) is 14.5. The Morgan fingerprint density at radius 2 is 1.16 bits per heavy atom. The molecule has 0 aliphatic rings. The summed E-state index contributed by atoms with van der Waals surface area (Å²) < 4.78 is 0. The van der Waals surface area contributed by atoms with Crippen LogP contribution in [0, 0.1) is 10.8 Å². The highest BCUT2D eigenvalue weighted by Crippen LogP contribution is 2.26. The molecule has 0 atom stereocenters. The van der Waals surface area contributed by atoms with Gasteiger partial charge >= 0.3 is 11.9 Å². The summed E-state index contributed by atoms with van der Waals surface area (Å²) >= 11 is 0. The van der Waals surface area contributed by atoms with E-state index in [1.54, 1.807) is 33.8 Å². The molecule has 31 heavy (non-hydrogen) atoms. The number of phenolic OH excluding ortho intramolecular Hbond substituents is 1. The van der Waals surface area contributed by atoms with Crippen LogP contribution in [0.1, 0.15) is 103 Å². The van der Waals surface area contributed by atoms with Gasteiger partial charge in [-0.3, -0.25) is 9.59 Å². The fourth-order valence-corrected chi connectivity index (χ4v) is 3.69. The van der Waals surface area contributed by atoms with Gasteiger partial charge in [0.05, 0.1) is 10.8 Å². The Labute approximate surface area is 187 Å². The van der Waals surface area contributed by atoms with Crippen LogP contribution in [-0.4, -0.2) is 27.3 Å². The van der Waals surface area contributed by atoms with Crippen molar-refractivity contribution in [1.82, 2.24) is 0 Å². The molecule has 1 aromatic carbocycles. The summed E-state index contributed by atoms with van der Waals surface area (Å²) in [5, 5.41) is 28.5. The maximum atomic E-state index is 11.1. The maximum absolute atomic E-state index is 11.1. The number of carboxylic acid groups (broad SMARTS) is 2. The van der Waals surface area contributed by atoms with E-state index in [1.165, 1.54) is 5.56 Å². The lowest BCUT2D eigenvalue weighted by molar-refractivity contribution is -0.148. The van der Waals surface area contributed by atoms with Gasteiger partial charge in [-0.1, -0.05) is 50.7 Å². The van der Waals surface area contributed by atoms with E-state index in [-0.39, 0.29) is 0 Å². The number of aryl methyl sites for hydroxylation is 2. The fourth-order valence-electron chi connectivity index (χ4n) is 3.69. The predicted molar refractivity (Wildman–Crippen MR) is 125 cm³/mol. The minimum atomic E-state index is -0.738. The predicted octanol–water partition coefficient (Wildman–Crippen LogP) is 6.60. The van der Waals surface area contributed by atoms with E-state index in [4.69, 9.17) is 10.2 Å². The molecular weight excluding hydrogens is 392 g/mol. The van der Waals surface area contributed by atoms with Crippen LogP contribution >= 0.6 is 0 Å². The van der Waals surface area contributed by atoms with E-state index in [2.05, 4.69) is 6.07 Å². The first-order valence-electron chi connectivity index (χ1n) is 11.7. The molecule has 1 rings (SSSR count). The Hall–Kier alpha value is -2.04. The lowest BCUT2D eigenvalue weighted by Gasteiger charge is -2.18. The largest absolute Gasteiger partial charge is 0.508 e. The van der Waals surface area contributed by atoms with Gasteiger partial charge in [0.1, 0.15) is 5.75 Å². The molecule has 0 heterocycles. The van der Waals surface area contributed by atoms with Crippen LogP contribution in [-0.2, 0) is 22.4 Å². The Kier molecular flexibility index (Phi) is 11.1. The molecule has 5 nitrogen and oxygen atoms in total. The molecule has 0 unspecified atom stereocenters. The van der Waals surface area contributed by atoms with E-state index in [1.807, 2.05) is 6.07 Å². The molecule has 0 amide bonds. The summed E-state index contributed by atoms with van der Waals surface area (Å²) in [7, 11) is 0. The van der Waals surface area contributed by atoms with E-state index >= 15 is 0 Å². The molecule has 0 fully saturated rings. The van der Waals surface area contributed by atoms with E-state index in [9.17, 15) is 14.7 Å². The second-order valence-electron chi connectivity index (χ2n) is 10.2. The Morgan fingerprint density at radius 3 is 1.65 bits per heavy atom. The monoisotopic (exact) mass is 434 g/mol.